The lowest BCUT2D eigenvalue weighted by Crippen LogP contribution is -2.31. The maximum atomic E-state index is 13.4. The van der Waals surface area contributed by atoms with E-state index in [0.717, 1.165) is 34.7 Å². The van der Waals surface area contributed by atoms with Crippen molar-refractivity contribution in [1.82, 2.24) is 0 Å². The molecule has 4 rings (SSSR count). The summed E-state index contributed by atoms with van der Waals surface area (Å²) in [6.07, 6.45) is 3.82. The maximum Gasteiger partial charge on any atom is 0.258 e. The highest BCUT2D eigenvalue weighted by molar-refractivity contribution is 7.99. The highest BCUT2D eigenvalue weighted by Gasteiger charge is 2.20. The number of anilines is 1. The average Bonchev–Trinajstić information content (AvgIpc) is 2.93. The topological polar surface area (TPSA) is 32.7 Å². The summed E-state index contributed by atoms with van der Waals surface area (Å²) in [4.78, 5) is 22.0. The summed E-state index contributed by atoms with van der Waals surface area (Å²) in [5, 5.41) is 0.660. The highest BCUT2D eigenvalue weighted by Crippen LogP contribution is 2.39. The van der Waals surface area contributed by atoms with Gasteiger partial charge in [0.1, 0.15) is 0 Å². The number of carbonyl (C=O) groups is 1. The minimum absolute atomic E-state index is 0.0227. The zero-order chi connectivity index (χ0) is 20.2. The van der Waals surface area contributed by atoms with Crippen LogP contribution in [0.4, 0.5) is 11.4 Å². The Labute approximate surface area is 180 Å². The molecule has 3 nitrogen and oxygen atoms in total. The minimum atomic E-state index is -0.0227. The number of unbranched alkanes of at least 4 members (excludes halogenated alkanes) is 1. The Morgan fingerprint density at radius 3 is 2.62 bits per heavy atom. The number of halogens is 1. The molecule has 1 heterocycles. The van der Waals surface area contributed by atoms with Crippen LogP contribution in [-0.2, 0) is 0 Å². The first kappa shape index (κ1) is 19.7. The van der Waals surface area contributed by atoms with Crippen LogP contribution in [0, 0.1) is 0 Å². The van der Waals surface area contributed by atoms with Crippen LogP contribution in [0.1, 0.15) is 35.7 Å². The number of benzene rings is 3. The Kier molecular flexibility index (Phi) is 6.02. The largest absolute Gasteiger partial charge is 0.308 e. The van der Waals surface area contributed by atoms with E-state index in [0.29, 0.717) is 17.1 Å². The first-order valence-corrected chi connectivity index (χ1v) is 10.9. The van der Waals surface area contributed by atoms with Crippen LogP contribution in [0.5, 0.6) is 0 Å². The highest BCUT2D eigenvalue weighted by atomic mass is 35.5. The van der Waals surface area contributed by atoms with E-state index in [-0.39, 0.29) is 5.91 Å². The number of hydrogen-bond donors (Lipinski definition) is 0. The van der Waals surface area contributed by atoms with E-state index < -0.39 is 0 Å². The SMILES string of the molecule is CCCCN(C(=O)c1ccc2c(c1)N=Cc1ccccc1S2)c1ccc(Cl)cc1. The van der Waals surface area contributed by atoms with Crippen molar-refractivity contribution in [2.45, 2.75) is 29.6 Å². The van der Waals surface area contributed by atoms with Crippen LogP contribution in [0.25, 0.3) is 0 Å². The van der Waals surface area contributed by atoms with Gasteiger partial charge in [-0.05, 0) is 55.0 Å². The summed E-state index contributed by atoms with van der Waals surface area (Å²) >= 11 is 7.71. The van der Waals surface area contributed by atoms with Crippen LogP contribution >= 0.6 is 23.4 Å². The molecule has 0 atom stereocenters. The molecule has 3 aromatic carbocycles. The van der Waals surface area contributed by atoms with Crippen molar-refractivity contribution in [3.05, 3.63) is 82.9 Å². The fourth-order valence-corrected chi connectivity index (χ4v) is 4.32. The number of amides is 1. The molecule has 146 valence electrons. The van der Waals surface area contributed by atoms with Gasteiger partial charge < -0.3 is 4.90 Å². The van der Waals surface area contributed by atoms with E-state index in [1.165, 1.54) is 4.90 Å². The fourth-order valence-electron chi connectivity index (χ4n) is 3.22. The molecule has 0 aliphatic carbocycles. The van der Waals surface area contributed by atoms with Gasteiger partial charge >= 0.3 is 0 Å². The van der Waals surface area contributed by atoms with E-state index in [9.17, 15) is 4.79 Å². The molecule has 0 radical (unpaired) electrons. The molecular weight excluding hydrogens is 400 g/mol. The maximum absolute atomic E-state index is 13.4. The third-order valence-corrected chi connectivity index (χ3v) is 6.22. The number of rotatable bonds is 5. The lowest BCUT2D eigenvalue weighted by Gasteiger charge is -2.23. The van der Waals surface area contributed by atoms with Crippen molar-refractivity contribution in [2.24, 2.45) is 4.99 Å². The number of fused-ring (bicyclic) bond motifs is 2. The molecule has 0 fully saturated rings. The molecule has 0 saturated heterocycles. The Bertz CT molecular complexity index is 1060. The minimum Gasteiger partial charge on any atom is -0.308 e. The normalized spacial score (nSPS) is 12.1. The molecule has 0 unspecified atom stereocenters. The molecule has 0 aromatic heterocycles. The van der Waals surface area contributed by atoms with Gasteiger partial charge in [0, 0.05) is 44.4 Å². The van der Waals surface area contributed by atoms with Gasteiger partial charge in [0.25, 0.3) is 5.91 Å². The summed E-state index contributed by atoms with van der Waals surface area (Å²) in [5.41, 5.74) is 3.41. The predicted molar refractivity (Wildman–Crippen MR) is 122 cm³/mol. The monoisotopic (exact) mass is 420 g/mol. The van der Waals surface area contributed by atoms with Crippen molar-refractivity contribution >= 4 is 46.9 Å². The van der Waals surface area contributed by atoms with Crippen LogP contribution in [0.15, 0.2) is 81.5 Å². The van der Waals surface area contributed by atoms with Gasteiger partial charge in [-0.15, -0.1) is 0 Å². The number of aliphatic imine (C=N–C) groups is 1. The van der Waals surface area contributed by atoms with Gasteiger partial charge in [0.2, 0.25) is 0 Å². The van der Waals surface area contributed by atoms with E-state index in [2.05, 4.69) is 24.0 Å². The second kappa shape index (κ2) is 8.85. The van der Waals surface area contributed by atoms with Crippen molar-refractivity contribution in [1.29, 1.82) is 0 Å². The lowest BCUT2D eigenvalue weighted by atomic mass is 10.1. The summed E-state index contributed by atoms with van der Waals surface area (Å²) in [6.45, 7) is 2.79. The molecule has 29 heavy (non-hydrogen) atoms. The number of nitrogens with zero attached hydrogens (tertiary/aromatic N) is 2. The van der Waals surface area contributed by atoms with Gasteiger partial charge in [-0.1, -0.05) is 54.9 Å². The van der Waals surface area contributed by atoms with Gasteiger partial charge in [0.05, 0.1) is 5.69 Å². The smallest absolute Gasteiger partial charge is 0.258 e. The van der Waals surface area contributed by atoms with E-state index in [1.54, 1.807) is 11.8 Å². The molecule has 1 amide bonds. The first-order valence-electron chi connectivity index (χ1n) is 9.68. The van der Waals surface area contributed by atoms with Gasteiger partial charge in [-0.25, -0.2) is 0 Å². The summed E-state index contributed by atoms with van der Waals surface area (Å²) in [5.74, 6) is -0.0227. The van der Waals surface area contributed by atoms with Crippen LogP contribution < -0.4 is 4.90 Å². The van der Waals surface area contributed by atoms with E-state index >= 15 is 0 Å². The van der Waals surface area contributed by atoms with Gasteiger partial charge in [-0.3, -0.25) is 9.79 Å². The molecule has 1 aliphatic rings. The van der Waals surface area contributed by atoms with Gasteiger partial charge in [-0.2, -0.15) is 0 Å². The van der Waals surface area contributed by atoms with Crippen LogP contribution in [0.2, 0.25) is 5.02 Å². The van der Waals surface area contributed by atoms with Crippen molar-refractivity contribution in [2.75, 3.05) is 11.4 Å². The van der Waals surface area contributed by atoms with E-state index in [4.69, 9.17) is 11.6 Å². The van der Waals surface area contributed by atoms with Gasteiger partial charge in [0.15, 0.2) is 0 Å². The first-order chi connectivity index (χ1) is 14.2. The predicted octanol–water partition coefficient (Wildman–Crippen LogP) is 7.00. The third kappa shape index (κ3) is 4.39. The molecule has 5 heteroatoms. The molecule has 0 saturated carbocycles. The third-order valence-electron chi connectivity index (χ3n) is 4.81. The van der Waals surface area contributed by atoms with Crippen molar-refractivity contribution in [3.63, 3.8) is 0 Å². The average molecular weight is 421 g/mol. The Morgan fingerprint density at radius 2 is 1.83 bits per heavy atom. The Morgan fingerprint density at radius 1 is 1.03 bits per heavy atom. The van der Waals surface area contributed by atoms with E-state index in [1.807, 2.05) is 65.7 Å². The molecule has 0 N–H and O–H groups in total. The zero-order valence-electron chi connectivity index (χ0n) is 16.1. The summed E-state index contributed by atoms with van der Waals surface area (Å²) < 4.78 is 0. The fraction of sp³-hybridized carbons (Fsp3) is 0.167. The molecule has 1 aliphatic heterocycles. The lowest BCUT2D eigenvalue weighted by molar-refractivity contribution is 0.0986. The number of carbonyl (C=O) groups excluding carboxylic acids is 1. The van der Waals surface area contributed by atoms with Crippen LogP contribution in [-0.4, -0.2) is 18.7 Å². The second-order valence-corrected chi connectivity index (χ2v) is 8.39. The summed E-state index contributed by atoms with van der Waals surface area (Å²) in [6, 6.07) is 21.4. The molecule has 0 spiro atoms. The molecular formula is C24H21ClN2OS. The zero-order valence-corrected chi connectivity index (χ0v) is 17.7. The summed E-state index contributed by atoms with van der Waals surface area (Å²) in [7, 11) is 0. The van der Waals surface area contributed by atoms with Crippen LogP contribution in [0.3, 0.4) is 0 Å². The second-order valence-electron chi connectivity index (χ2n) is 6.87. The standard InChI is InChI=1S/C24H21ClN2OS/c1-2-3-14-27(20-11-9-19(25)10-12-20)24(28)17-8-13-23-21(15-17)26-16-18-6-4-5-7-22(18)29-23/h4-13,15-16H,2-3,14H2,1H3. The van der Waals surface area contributed by atoms with Crippen molar-refractivity contribution < 1.29 is 4.79 Å². The van der Waals surface area contributed by atoms with Crippen molar-refractivity contribution in [3.8, 4) is 0 Å². The Hall–Kier alpha value is -2.56. The number of hydrogen-bond acceptors (Lipinski definition) is 3. The quantitative estimate of drug-likeness (QED) is 0.348. The molecule has 0 bridgehead atoms. The molecule has 3 aromatic rings. The Balaban J connectivity index is 1.66.